The van der Waals surface area contributed by atoms with Gasteiger partial charge in [0.2, 0.25) is 0 Å². The zero-order valence-corrected chi connectivity index (χ0v) is 11.7. The Balaban J connectivity index is 2.12. The summed E-state index contributed by atoms with van der Waals surface area (Å²) >= 11 is 0. The molecular formula is C16H18N2O3. The number of hydrogen-bond acceptors (Lipinski definition) is 4. The van der Waals surface area contributed by atoms with Crippen molar-refractivity contribution in [2.75, 3.05) is 11.4 Å². The average molecular weight is 286 g/mol. The first kappa shape index (κ1) is 13.7. The minimum Gasteiger partial charge on any atom is -0.508 e. The van der Waals surface area contributed by atoms with Gasteiger partial charge in [0.1, 0.15) is 17.6 Å². The molecule has 3 rings (SSSR count). The summed E-state index contributed by atoms with van der Waals surface area (Å²) in [6.07, 6.45) is 5.24. The van der Waals surface area contributed by atoms with Gasteiger partial charge in [-0.2, -0.15) is 0 Å². The van der Waals surface area contributed by atoms with Crippen molar-refractivity contribution in [1.29, 1.82) is 0 Å². The van der Waals surface area contributed by atoms with Crippen LogP contribution >= 0.6 is 0 Å². The summed E-state index contributed by atoms with van der Waals surface area (Å²) in [5.74, 6) is 0.00648. The number of carboxylic acid groups (broad SMARTS) is 1. The number of carboxylic acids is 1. The second-order valence-corrected chi connectivity index (χ2v) is 5.44. The highest BCUT2D eigenvalue weighted by atomic mass is 16.4. The van der Waals surface area contributed by atoms with Crippen LogP contribution in [0.4, 0.5) is 5.82 Å². The largest absolute Gasteiger partial charge is 0.508 e. The van der Waals surface area contributed by atoms with Crippen LogP contribution in [0.25, 0.3) is 10.8 Å². The van der Waals surface area contributed by atoms with E-state index >= 15 is 0 Å². The molecule has 1 saturated heterocycles. The second-order valence-electron chi connectivity index (χ2n) is 5.44. The first-order valence-corrected chi connectivity index (χ1v) is 7.24. The molecule has 110 valence electrons. The van der Waals surface area contributed by atoms with Crippen molar-refractivity contribution in [2.24, 2.45) is 0 Å². The van der Waals surface area contributed by atoms with E-state index in [1.165, 1.54) is 0 Å². The van der Waals surface area contributed by atoms with E-state index in [1.54, 1.807) is 18.3 Å². The van der Waals surface area contributed by atoms with E-state index in [4.69, 9.17) is 0 Å². The fraction of sp³-hybridized carbons (Fsp3) is 0.375. The maximum absolute atomic E-state index is 11.6. The number of phenols is 1. The molecule has 0 amide bonds. The van der Waals surface area contributed by atoms with E-state index in [1.807, 2.05) is 17.0 Å². The molecule has 1 aromatic heterocycles. The highest BCUT2D eigenvalue weighted by molar-refractivity contribution is 5.94. The van der Waals surface area contributed by atoms with Gasteiger partial charge in [0.15, 0.2) is 0 Å². The lowest BCUT2D eigenvalue weighted by Crippen LogP contribution is -2.41. The normalized spacial score (nSPS) is 19.4. The Morgan fingerprint density at radius 3 is 2.90 bits per heavy atom. The fourth-order valence-electron chi connectivity index (χ4n) is 2.99. The number of benzene rings is 1. The van der Waals surface area contributed by atoms with Gasteiger partial charge in [-0.1, -0.05) is 18.9 Å². The van der Waals surface area contributed by atoms with Crippen LogP contribution in [0.5, 0.6) is 5.75 Å². The van der Waals surface area contributed by atoms with E-state index in [9.17, 15) is 15.0 Å². The van der Waals surface area contributed by atoms with Crippen molar-refractivity contribution in [3.05, 3.63) is 30.5 Å². The molecule has 1 atom stereocenters. The van der Waals surface area contributed by atoms with Crippen LogP contribution in [0.1, 0.15) is 25.7 Å². The summed E-state index contributed by atoms with van der Waals surface area (Å²) in [4.78, 5) is 17.8. The lowest BCUT2D eigenvalue weighted by molar-refractivity contribution is -0.138. The van der Waals surface area contributed by atoms with Crippen molar-refractivity contribution < 1.29 is 15.0 Å². The molecule has 1 aliphatic rings. The van der Waals surface area contributed by atoms with Gasteiger partial charge >= 0.3 is 5.97 Å². The van der Waals surface area contributed by atoms with Crippen molar-refractivity contribution >= 4 is 22.6 Å². The van der Waals surface area contributed by atoms with E-state index in [-0.39, 0.29) is 5.75 Å². The summed E-state index contributed by atoms with van der Waals surface area (Å²) in [5, 5.41) is 21.0. The molecule has 0 bridgehead atoms. The zero-order valence-electron chi connectivity index (χ0n) is 11.7. The molecule has 2 heterocycles. The number of nitrogens with zero attached hydrogens (tertiary/aromatic N) is 2. The van der Waals surface area contributed by atoms with Gasteiger partial charge in [-0.25, -0.2) is 9.78 Å². The second kappa shape index (κ2) is 5.60. The van der Waals surface area contributed by atoms with Gasteiger partial charge in [-0.15, -0.1) is 0 Å². The minimum absolute atomic E-state index is 0.165. The molecule has 2 aromatic rings. The average Bonchev–Trinajstić information content (AvgIpc) is 2.72. The number of hydrogen-bond donors (Lipinski definition) is 2. The molecule has 2 N–H and O–H groups in total. The van der Waals surface area contributed by atoms with Crippen LogP contribution in [-0.2, 0) is 4.79 Å². The quantitative estimate of drug-likeness (QED) is 0.888. The number of fused-ring (bicyclic) bond motifs is 1. The van der Waals surface area contributed by atoms with E-state index < -0.39 is 12.0 Å². The maximum Gasteiger partial charge on any atom is 0.326 e. The number of pyridine rings is 1. The Labute approximate surface area is 122 Å². The van der Waals surface area contributed by atoms with Gasteiger partial charge in [0.05, 0.1) is 0 Å². The van der Waals surface area contributed by atoms with Gasteiger partial charge in [0, 0.05) is 18.1 Å². The van der Waals surface area contributed by atoms with Crippen molar-refractivity contribution in [1.82, 2.24) is 4.98 Å². The van der Waals surface area contributed by atoms with Crippen LogP contribution in [0.2, 0.25) is 0 Å². The maximum atomic E-state index is 11.6. The number of carbonyl (C=O) groups is 1. The number of aliphatic carboxylic acids is 1. The van der Waals surface area contributed by atoms with Gasteiger partial charge < -0.3 is 15.1 Å². The third kappa shape index (κ3) is 2.63. The van der Waals surface area contributed by atoms with Crippen LogP contribution in [-0.4, -0.2) is 33.8 Å². The third-order valence-corrected chi connectivity index (χ3v) is 4.04. The molecule has 5 nitrogen and oxygen atoms in total. The fourth-order valence-corrected chi connectivity index (χ4v) is 2.99. The highest BCUT2D eigenvalue weighted by Gasteiger charge is 2.29. The predicted octanol–water partition coefficient (Wildman–Crippen LogP) is 2.77. The molecule has 5 heteroatoms. The number of phenolic OH excluding ortho intramolecular Hbond substituents is 1. The first-order chi connectivity index (χ1) is 10.2. The lowest BCUT2D eigenvalue weighted by Gasteiger charge is -2.29. The molecular weight excluding hydrogens is 268 g/mol. The smallest absolute Gasteiger partial charge is 0.326 e. The summed E-state index contributed by atoms with van der Waals surface area (Å²) < 4.78 is 0. The molecule has 1 aliphatic heterocycles. The minimum atomic E-state index is -0.809. The van der Waals surface area contributed by atoms with Crippen LogP contribution in [0.15, 0.2) is 30.5 Å². The van der Waals surface area contributed by atoms with Crippen LogP contribution < -0.4 is 4.90 Å². The molecule has 0 aliphatic carbocycles. The molecule has 1 unspecified atom stereocenters. The standard InChI is InChI=1S/C16H18N2O3/c19-12-6-5-11-7-8-17-15(13(11)10-12)18-9-3-1-2-4-14(18)16(20)21/h5-8,10,14,19H,1-4,9H2,(H,20,21). The monoisotopic (exact) mass is 286 g/mol. The van der Waals surface area contributed by atoms with E-state index in [0.29, 0.717) is 18.8 Å². The number of rotatable bonds is 2. The predicted molar refractivity (Wildman–Crippen MR) is 80.6 cm³/mol. The van der Waals surface area contributed by atoms with Crippen molar-refractivity contribution in [3.63, 3.8) is 0 Å². The summed E-state index contributed by atoms with van der Waals surface area (Å²) in [6.45, 7) is 0.679. The topological polar surface area (TPSA) is 73.7 Å². The SMILES string of the molecule is O=C(O)C1CCCCCN1c1nccc2ccc(O)cc12. The van der Waals surface area contributed by atoms with Crippen LogP contribution in [0, 0.1) is 0 Å². The Bertz CT molecular complexity index is 672. The Morgan fingerprint density at radius 1 is 1.24 bits per heavy atom. The Kier molecular flexibility index (Phi) is 3.64. The third-order valence-electron chi connectivity index (χ3n) is 4.04. The Morgan fingerprint density at radius 2 is 2.10 bits per heavy atom. The number of aromatic hydroxyl groups is 1. The summed E-state index contributed by atoms with van der Waals surface area (Å²) in [7, 11) is 0. The molecule has 0 saturated carbocycles. The summed E-state index contributed by atoms with van der Waals surface area (Å²) in [6, 6.07) is 6.42. The Hall–Kier alpha value is -2.30. The molecule has 1 fully saturated rings. The highest BCUT2D eigenvalue weighted by Crippen LogP contribution is 2.31. The van der Waals surface area contributed by atoms with Gasteiger partial charge in [-0.3, -0.25) is 0 Å². The number of aromatic nitrogens is 1. The first-order valence-electron chi connectivity index (χ1n) is 7.24. The summed E-state index contributed by atoms with van der Waals surface area (Å²) in [5.41, 5.74) is 0. The molecule has 0 spiro atoms. The number of anilines is 1. The van der Waals surface area contributed by atoms with Gasteiger partial charge in [-0.05, 0) is 36.4 Å². The lowest BCUT2D eigenvalue weighted by atomic mass is 10.1. The molecule has 0 radical (unpaired) electrons. The van der Waals surface area contributed by atoms with Gasteiger partial charge in [0.25, 0.3) is 0 Å². The zero-order chi connectivity index (χ0) is 14.8. The molecule has 1 aromatic carbocycles. The van der Waals surface area contributed by atoms with E-state index in [2.05, 4.69) is 4.98 Å². The van der Waals surface area contributed by atoms with E-state index in [0.717, 1.165) is 30.0 Å². The van der Waals surface area contributed by atoms with Crippen LogP contribution in [0.3, 0.4) is 0 Å². The molecule has 21 heavy (non-hydrogen) atoms. The van der Waals surface area contributed by atoms with Crippen molar-refractivity contribution in [2.45, 2.75) is 31.7 Å². The van der Waals surface area contributed by atoms with Crippen molar-refractivity contribution in [3.8, 4) is 5.75 Å².